The summed E-state index contributed by atoms with van der Waals surface area (Å²) in [4.78, 5) is 16.4. The molecule has 1 aliphatic heterocycles. The van der Waals surface area contributed by atoms with Crippen LogP contribution in [0.1, 0.15) is 17.4 Å². The van der Waals surface area contributed by atoms with E-state index < -0.39 is 6.23 Å². The number of amides is 1. The van der Waals surface area contributed by atoms with Crippen LogP contribution in [-0.2, 0) is 11.2 Å². The summed E-state index contributed by atoms with van der Waals surface area (Å²) >= 11 is 4.59. The molecule has 0 bridgehead atoms. The Hall–Kier alpha value is -3.76. The molecule has 2 heterocycles. The molecule has 5 rings (SSSR count). The smallest absolute Gasteiger partial charge is 0.286 e. The lowest BCUT2D eigenvalue weighted by molar-refractivity contribution is 0.0581. The highest BCUT2D eigenvalue weighted by atomic mass is 79.9. The Bertz CT molecular complexity index is 1510. The number of halogens is 2. The van der Waals surface area contributed by atoms with Gasteiger partial charge in [0.2, 0.25) is 6.23 Å². The first-order chi connectivity index (χ1) is 18.8. The Kier molecular flexibility index (Phi) is 7.94. The van der Waals surface area contributed by atoms with Gasteiger partial charge in [0, 0.05) is 53.7 Å². The van der Waals surface area contributed by atoms with E-state index in [1.54, 1.807) is 32.5 Å². The SMILES string of the molecule is CN(C)C(=O)Sc1ccc(CCN2C=COC2c2cn(-c3ccc(Br)cc3)nc2-c2ccc(F)cc2)cc1N. The van der Waals surface area contributed by atoms with E-state index in [2.05, 4.69) is 20.8 Å². The molecule has 1 aromatic heterocycles. The van der Waals surface area contributed by atoms with Gasteiger partial charge in [0.1, 0.15) is 17.8 Å². The number of nitrogens with zero attached hydrogens (tertiary/aromatic N) is 4. The first-order valence-electron chi connectivity index (χ1n) is 12.3. The summed E-state index contributed by atoms with van der Waals surface area (Å²) < 4.78 is 22.5. The third-order valence-corrected chi connectivity index (χ3v) is 7.93. The summed E-state index contributed by atoms with van der Waals surface area (Å²) in [6.45, 7) is 0.663. The first-order valence-corrected chi connectivity index (χ1v) is 13.9. The zero-order chi connectivity index (χ0) is 27.5. The van der Waals surface area contributed by atoms with Gasteiger partial charge in [-0.05, 0) is 84.4 Å². The molecule has 4 aromatic rings. The molecular formula is C29H27BrFN5O2S. The highest BCUT2D eigenvalue weighted by Crippen LogP contribution is 2.36. The van der Waals surface area contributed by atoms with Crippen LogP contribution in [0, 0.1) is 5.82 Å². The van der Waals surface area contributed by atoms with Gasteiger partial charge < -0.3 is 20.3 Å². The van der Waals surface area contributed by atoms with E-state index in [0.717, 1.165) is 43.5 Å². The summed E-state index contributed by atoms with van der Waals surface area (Å²) in [6, 6.07) is 20.0. The van der Waals surface area contributed by atoms with Crippen molar-refractivity contribution in [2.24, 2.45) is 0 Å². The van der Waals surface area contributed by atoms with Crippen molar-refractivity contribution in [2.45, 2.75) is 17.5 Å². The Labute approximate surface area is 239 Å². The van der Waals surface area contributed by atoms with Gasteiger partial charge in [-0.3, -0.25) is 4.79 Å². The van der Waals surface area contributed by atoms with Crippen molar-refractivity contribution in [1.29, 1.82) is 0 Å². The lowest BCUT2D eigenvalue weighted by Gasteiger charge is -2.24. The molecule has 2 N–H and O–H groups in total. The van der Waals surface area contributed by atoms with E-state index in [1.807, 2.05) is 59.5 Å². The fourth-order valence-electron chi connectivity index (χ4n) is 4.20. The number of nitrogen functional groups attached to an aromatic ring is 1. The number of ether oxygens (including phenoxy) is 1. The third-order valence-electron chi connectivity index (χ3n) is 6.27. The second kappa shape index (κ2) is 11.5. The van der Waals surface area contributed by atoms with Crippen LogP contribution in [0.3, 0.4) is 0 Å². The molecule has 10 heteroatoms. The normalized spacial score (nSPS) is 14.5. The Balaban J connectivity index is 1.38. The monoisotopic (exact) mass is 607 g/mol. The molecule has 0 spiro atoms. The third kappa shape index (κ3) is 6.12. The number of hydrogen-bond acceptors (Lipinski definition) is 6. The number of benzene rings is 3. The Morgan fingerprint density at radius 1 is 1.13 bits per heavy atom. The summed E-state index contributed by atoms with van der Waals surface area (Å²) in [6.07, 6.45) is 5.86. The highest BCUT2D eigenvalue weighted by molar-refractivity contribution is 9.10. The van der Waals surface area contributed by atoms with E-state index in [4.69, 9.17) is 15.6 Å². The average Bonchev–Trinajstić information content (AvgIpc) is 3.57. The van der Waals surface area contributed by atoms with Gasteiger partial charge in [-0.15, -0.1) is 0 Å². The van der Waals surface area contributed by atoms with E-state index in [-0.39, 0.29) is 11.1 Å². The van der Waals surface area contributed by atoms with Gasteiger partial charge in [0.15, 0.2) is 0 Å². The number of aromatic nitrogens is 2. The Morgan fingerprint density at radius 3 is 2.56 bits per heavy atom. The topological polar surface area (TPSA) is 76.6 Å². The van der Waals surface area contributed by atoms with E-state index in [1.165, 1.54) is 17.0 Å². The van der Waals surface area contributed by atoms with Gasteiger partial charge in [-0.25, -0.2) is 9.07 Å². The van der Waals surface area contributed by atoms with Crippen LogP contribution >= 0.6 is 27.7 Å². The van der Waals surface area contributed by atoms with Crippen molar-refractivity contribution in [3.63, 3.8) is 0 Å². The van der Waals surface area contributed by atoms with Crippen LogP contribution in [0.5, 0.6) is 0 Å². The zero-order valence-electron chi connectivity index (χ0n) is 21.4. The molecule has 0 saturated carbocycles. The molecule has 1 amide bonds. The minimum absolute atomic E-state index is 0.0720. The summed E-state index contributed by atoms with van der Waals surface area (Å²) in [5.74, 6) is -0.303. The summed E-state index contributed by atoms with van der Waals surface area (Å²) in [5.41, 5.74) is 11.2. The number of rotatable bonds is 7. The predicted molar refractivity (Wildman–Crippen MR) is 156 cm³/mol. The maximum absolute atomic E-state index is 13.7. The molecule has 7 nitrogen and oxygen atoms in total. The second-order valence-corrected chi connectivity index (χ2v) is 11.2. The van der Waals surface area contributed by atoms with Crippen molar-refractivity contribution in [1.82, 2.24) is 19.6 Å². The van der Waals surface area contributed by atoms with Crippen molar-refractivity contribution in [2.75, 3.05) is 26.4 Å². The molecule has 0 saturated heterocycles. The van der Waals surface area contributed by atoms with E-state index in [9.17, 15) is 9.18 Å². The second-order valence-electron chi connectivity index (χ2n) is 9.26. The molecular weight excluding hydrogens is 581 g/mol. The number of hydrogen-bond donors (Lipinski definition) is 1. The van der Waals surface area contributed by atoms with Gasteiger partial charge in [-0.2, -0.15) is 5.10 Å². The molecule has 39 heavy (non-hydrogen) atoms. The number of anilines is 1. The standard InChI is InChI=1S/C29H27BrFN5O2S/c1-34(2)29(37)39-26-12-3-19(17-25(26)32)13-14-35-15-16-38-28(35)24-18-36(23-10-6-21(30)7-11-23)33-27(24)20-4-8-22(31)9-5-20/h3-12,15-18,28H,13-14,32H2,1-2H3. The lowest BCUT2D eigenvalue weighted by atomic mass is 10.1. The number of thioether (sulfide) groups is 1. The molecule has 1 aliphatic rings. The lowest BCUT2D eigenvalue weighted by Crippen LogP contribution is -2.23. The molecule has 200 valence electrons. The van der Waals surface area contributed by atoms with Crippen LogP contribution < -0.4 is 5.73 Å². The van der Waals surface area contributed by atoms with E-state index in [0.29, 0.717) is 24.3 Å². The molecule has 1 unspecified atom stereocenters. The number of carbonyl (C=O) groups is 1. The Morgan fingerprint density at radius 2 is 1.87 bits per heavy atom. The van der Waals surface area contributed by atoms with Crippen molar-refractivity contribution in [3.8, 4) is 16.9 Å². The summed E-state index contributed by atoms with van der Waals surface area (Å²) in [7, 11) is 3.43. The van der Waals surface area contributed by atoms with E-state index >= 15 is 0 Å². The minimum atomic E-state index is -0.404. The predicted octanol–water partition coefficient (Wildman–Crippen LogP) is 6.84. The molecule has 0 fully saturated rings. The molecule has 1 atom stereocenters. The van der Waals surface area contributed by atoms with Crippen LogP contribution in [0.25, 0.3) is 16.9 Å². The van der Waals surface area contributed by atoms with Crippen LogP contribution in [0.15, 0.2) is 94.8 Å². The number of nitrogens with two attached hydrogens (primary N) is 1. The van der Waals surface area contributed by atoms with Crippen molar-refractivity contribution in [3.05, 3.63) is 107 Å². The molecule has 0 aliphatic carbocycles. The van der Waals surface area contributed by atoms with Crippen LogP contribution in [0.4, 0.5) is 14.9 Å². The largest absolute Gasteiger partial charge is 0.472 e. The average molecular weight is 609 g/mol. The molecule has 0 radical (unpaired) electrons. The van der Waals surface area contributed by atoms with Gasteiger partial charge in [0.05, 0.1) is 11.3 Å². The maximum atomic E-state index is 13.7. The van der Waals surface area contributed by atoms with Gasteiger partial charge >= 0.3 is 0 Å². The molecule has 3 aromatic carbocycles. The zero-order valence-corrected chi connectivity index (χ0v) is 23.8. The maximum Gasteiger partial charge on any atom is 0.286 e. The quantitative estimate of drug-likeness (QED) is 0.183. The van der Waals surface area contributed by atoms with Crippen molar-refractivity contribution < 1.29 is 13.9 Å². The van der Waals surface area contributed by atoms with Gasteiger partial charge in [0.25, 0.3) is 5.24 Å². The first kappa shape index (κ1) is 26.8. The summed E-state index contributed by atoms with van der Waals surface area (Å²) in [5, 5.41) is 4.79. The minimum Gasteiger partial charge on any atom is -0.472 e. The van der Waals surface area contributed by atoms with Crippen LogP contribution in [0.2, 0.25) is 0 Å². The number of carbonyl (C=O) groups excluding carboxylic acids is 1. The fraction of sp³-hybridized carbons (Fsp3) is 0.172. The van der Waals surface area contributed by atoms with Crippen LogP contribution in [-0.4, -0.2) is 45.5 Å². The fourth-order valence-corrected chi connectivity index (χ4v) is 5.15. The van der Waals surface area contributed by atoms with Crippen molar-refractivity contribution >= 4 is 38.6 Å². The van der Waals surface area contributed by atoms with Gasteiger partial charge in [-0.1, -0.05) is 22.0 Å². The highest BCUT2D eigenvalue weighted by Gasteiger charge is 2.28.